The topological polar surface area (TPSA) is 41.9 Å². The van der Waals surface area contributed by atoms with Crippen LogP contribution in [-0.4, -0.2) is 49.3 Å². The summed E-state index contributed by atoms with van der Waals surface area (Å²) in [5.41, 5.74) is 1.57. The fourth-order valence-electron chi connectivity index (χ4n) is 5.17. The van der Waals surface area contributed by atoms with Gasteiger partial charge in [0.25, 0.3) is 0 Å². The second kappa shape index (κ2) is 7.94. The summed E-state index contributed by atoms with van der Waals surface area (Å²) in [6.07, 6.45) is 0.978. The van der Waals surface area contributed by atoms with Crippen LogP contribution in [0.3, 0.4) is 0 Å². The van der Waals surface area contributed by atoms with Crippen molar-refractivity contribution < 1.29 is 23.4 Å². The molecule has 2 heterocycles. The summed E-state index contributed by atoms with van der Waals surface area (Å²) < 4.78 is 37.9. The van der Waals surface area contributed by atoms with Crippen LogP contribution in [0.15, 0.2) is 12.1 Å². The molecule has 2 aliphatic heterocycles. The minimum absolute atomic E-state index is 0.0303. The summed E-state index contributed by atoms with van der Waals surface area (Å²) in [5, 5.41) is 10.9. The molecule has 0 bridgehead atoms. The number of methoxy groups -OCH3 is 1. The van der Waals surface area contributed by atoms with Crippen LogP contribution < -0.4 is 9.47 Å². The fourth-order valence-corrected chi connectivity index (χ4v) is 5.17. The van der Waals surface area contributed by atoms with Gasteiger partial charge in [-0.05, 0) is 66.7 Å². The number of halogens is 2. The number of fused-ring (bicyclic) bond motifs is 3. The van der Waals surface area contributed by atoms with E-state index in [1.165, 1.54) is 11.1 Å². The molecule has 1 saturated heterocycles. The Balaban J connectivity index is 1.52. The molecule has 1 N–H and O–H groups in total. The average Bonchev–Trinajstić information content (AvgIpc) is 3.46. The number of hydrogen-bond donors (Lipinski definition) is 1. The third kappa shape index (κ3) is 4.31. The lowest BCUT2D eigenvalue weighted by atomic mass is 9.75. The van der Waals surface area contributed by atoms with Crippen LogP contribution >= 0.6 is 0 Å². The van der Waals surface area contributed by atoms with E-state index >= 15 is 0 Å². The molecule has 1 aromatic carbocycles. The van der Waals surface area contributed by atoms with Crippen molar-refractivity contribution in [2.45, 2.75) is 71.4 Å². The molecule has 0 spiro atoms. The molecule has 3 aliphatic rings. The van der Waals surface area contributed by atoms with Gasteiger partial charge in [0.15, 0.2) is 11.5 Å². The van der Waals surface area contributed by atoms with Crippen molar-refractivity contribution in [1.82, 2.24) is 4.90 Å². The predicted molar refractivity (Wildman–Crippen MR) is 112 cm³/mol. The van der Waals surface area contributed by atoms with Crippen LogP contribution in [0.5, 0.6) is 11.5 Å². The van der Waals surface area contributed by atoms with E-state index < -0.39 is 11.8 Å². The number of ether oxygens (including phenoxy) is 2. The SMILES string of the molecule is COc1cc2c(cc1OCC1(C(F)F)CC1)CCN1CC(CC(C)(C)C)C(O)CC21. The molecule has 0 aromatic heterocycles. The van der Waals surface area contributed by atoms with Crippen molar-refractivity contribution in [3.05, 3.63) is 23.3 Å². The summed E-state index contributed by atoms with van der Waals surface area (Å²) >= 11 is 0. The Labute approximate surface area is 178 Å². The number of piperidine rings is 1. The van der Waals surface area contributed by atoms with Crippen molar-refractivity contribution in [2.75, 3.05) is 26.8 Å². The Kier molecular flexibility index (Phi) is 5.77. The quantitative estimate of drug-likeness (QED) is 0.711. The van der Waals surface area contributed by atoms with Crippen LogP contribution in [0.25, 0.3) is 0 Å². The molecule has 4 rings (SSSR count). The first-order valence-corrected chi connectivity index (χ1v) is 11.2. The Bertz CT molecular complexity index is 772. The van der Waals surface area contributed by atoms with Gasteiger partial charge in [0, 0.05) is 19.1 Å². The fraction of sp³-hybridized carbons (Fsp3) is 0.750. The van der Waals surface area contributed by atoms with Crippen molar-refractivity contribution in [3.8, 4) is 11.5 Å². The number of alkyl halides is 2. The van der Waals surface area contributed by atoms with Gasteiger partial charge in [-0.3, -0.25) is 4.90 Å². The largest absolute Gasteiger partial charge is 0.493 e. The lowest BCUT2D eigenvalue weighted by molar-refractivity contribution is -0.0259. The van der Waals surface area contributed by atoms with Gasteiger partial charge in [-0.1, -0.05) is 20.8 Å². The molecule has 30 heavy (non-hydrogen) atoms. The maximum atomic E-state index is 13.2. The second-order valence-corrected chi connectivity index (χ2v) is 10.7. The first-order chi connectivity index (χ1) is 14.1. The normalized spacial score (nSPS) is 28.1. The van der Waals surface area contributed by atoms with Gasteiger partial charge in [0.2, 0.25) is 6.43 Å². The number of nitrogens with zero attached hydrogens (tertiary/aromatic N) is 1. The van der Waals surface area contributed by atoms with E-state index in [0.717, 1.165) is 25.9 Å². The van der Waals surface area contributed by atoms with Gasteiger partial charge in [-0.2, -0.15) is 0 Å². The number of aliphatic hydroxyl groups excluding tert-OH is 1. The van der Waals surface area contributed by atoms with Gasteiger partial charge < -0.3 is 14.6 Å². The average molecular weight is 424 g/mol. The Hall–Kier alpha value is -1.40. The monoisotopic (exact) mass is 423 g/mol. The van der Waals surface area contributed by atoms with Gasteiger partial charge in [0.1, 0.15) is 0 Å². The molecule has 3 atom stereocenters. The van der Waals surface area contributed by atoms with E-state index in [1.807, 2.05) is 12.1 Å². The molecular formula is C24H35F2NO3. The highest BCUT2D eigenvalue weighted by molar-refractivity contribution is 5.49. The van der Waals surface area contributed by atoms with E-state index in [9.17, 15) is 13.9 Å². The lowest BCUT2D eigenvalue weighted by Gasteiger charge is -2.47. The summed E-state index contributed by atoms with van der Waals surface area (Å²) in [5.74, 6) is 1.43. The Morgan fingerprint density at radius 2 is 1.97 bits per heavy atom. The Morgan fingerprint density at radius 1 is 1.23 bits per heavy atom. The maximum Gasteiger partial charge on any atom is 0.247 e. The minimum atomic E-state index is -2.35. The molecule has 1 aromatic rings. The molecule has 0 radical (unpaired) electrons. The smallest absolute Gasteiger partial charge is 0.247 e. The van der Waals surface area contributed by atoms with Gasteiger partial charge in [0.05, 0.1) is 25.2 Å². The molecule has 168 valence electrons. The summed E-state index contributed by atoms with van der Waals surface area (Å²) in [7, 11) is 1.59. The summed E-state index contributed by atoms with van der Waals surface area (Å²) in [6, 6.07) is 4.14. The van der Waals surface area contributed by atoms with Crippen LogP contribution in [0.2, 0.25) is 0 Å². The first kappa shape index (κ1) is 21.8. The van der Waals surface area contributed by atoms with Gasteiger partial charge >= 0.3 is 0 Å². The standard InChI is InChI=1S/C24H35F2NO3/c1-23(2,3)12-16-13-27-8-5-15-9-21(30-14-24(6-7-24)22(25)26)20(29-4)10-17(15)18(27)11-19(16)28/h9-10,16,18-19,22,28H,5-8,11-14H2,1-4H3. The number of benzene rings is 1. The summed E-state index contributed by atoms with van der Waals surface area (Å²) in [6.45, 7) is 8.55. The molecule has 1 aliphatic carbocycles. The molecule has 3 unspecified atom stereocenters. The highest BCUT2D eigenvalue weighted by Gasteiger charge is 2.52. The summed E-state index contributed by atoms with van der Waals surface area (Å²) in [4.78, 5) is 2.49. The second-order valence-electron chi connectivity index (χ2n) is 10.7. The van der Waals surface area contributed by atoms with Crippen LogP contribution in [0, 0.1) is 16.7 Å². The van der Waals surface area contributed by atoms with E-state index in [0.29, 0.717) is 30.8 Å². The zero-order valence-corrected chi connectivity index (χ0v) is 18.6. The van der Waals surface area contributed by atoms with Crippen LogP contribution in [0.1, 0.15) is 63.6 Å². The van der Waals surface area contributed by atoms with Gasteiger partial charge in [-0.15, -0.1) is 0 Å². The lowest BCUT2D eigenvalue weighted by Crippen LogP contribution is -2.48. The highest BCUT2D eigenvalue weighted by atomic mass is 19.3. The maximum absolute atomic E-state index is 13.2. The predicted octanol–water partition coefficient (Wildman–Crippen LogP) is 4.84. The zero-order chi connectivity index (χ0) is 21.7. The zero-order valence-electron chi connectivity index (χ0n) is 18.6. The first-order valence-electron chi connectivity index (χ1n) is 11.2. The third-order valence-electron chi connectivity index (χ3n) is 7.12. The molecular weight excluding hydrogens is 388 g/mol. The number of rotatable bonds is 6. The van der Waals surface area contributed by atoms with Crippen LogP contribution in [0.4, 0.5) is 8.78 Å². The molecule has 1 saturated carbocycles. The minimum Gasteiger partial charge on any atom is -0.493 e. The highest BCUT2D eigenvalue weighted by Crippen LogP contribution is 2.51. The van der Waals surface area contributed by atoms with E-state index in [1.54, 1.807) is 7.11 Å². The molecule has 0 amide bonds. The van der Waals surface area contributed by atoms with Crippen LogP contribution in [-0.2, 0) is 6.42 Å². The van der Waals surface area contributed by atoms with E-state index in [-0.39, 0.29) is 30.1 Å². The van der Waals surface area contributed by atoms with Crippen molar-refractivity contribution in [3.63, 3.8) is 0 Å². The van der Waals surface area contributed by atoms with Gasteiger partial charge in [-0.25, -0.2) is 8.78 Å². The molecule has 4 nitrogen and oxygen atoms in total. The van der Waals surface area contributed by atoms with Crippen molar-refractivity contribution in [1.29, 1.82) is 0 Å². The third-order valence-corrected chi connectivity index (χ3v) is 7.12. The molecule has 6 heteroatoms. The Morgan fingerprint density at radius 3 is 2.57 bits per heavy atom. The van der Waals surface area contributed by atoms with E-state index in [2.05, 4.69) is 25.7 Å². The molecule has 2 fully saturated rings. The number of hydrogen-bond acceptors (Lipinski definition) is 4. The number of aliphatic hydroxyl groups is 1. The van der Waals surface area contributed by atoms with Crippen molar-refractivity contribution >= 4 is 0 Å². The van der Waals surface area contributed by atoms with E-state index in [4.69, 9.17) is 9.47 Å². The van der Waals surface area contributed by atoms with Crippen molar-refractivity contribution in [2.24, 2.45) is 16.7 Å².